The number of aryl methyl sites for hydroxylation is 1. The molecule has 1 amide bonds. The van der Waals surface area contributed by atoms with Crippen LogP contribution in [0.2, 0.25) is 0 Å². The van der Waals surface area contributed by atoms with Crippen molar-refractivity contribution >= 4 is 94.5 Å². The van der Waals surface area contributed by atoms with Crippen LogP contribution in [0.15, 0.2) is 76.2 Å². The number of allylic oxidation sites excluding steroid dienone is 2. The number of anilines is 2. The number of thiazole rings is 1. The summed E-state index contributed by atoms with van der Waals surface area (Å²) >= 11 is 3.40. The molecule has 1 aromatic heterocycles. The average Bonchev–Trinajstić information content (AvgIpc) is 3.44. The predicted octanol–water partition coefficient (Wildman–Crippen LogP) is 7.11. The van der Waals surface area contributed by atoms with E-state index in [1.807, 2.05) is 18.2 Å². The van der Waals surface area contributed by atoms with Crippen LogP contribution in [0.3, 0.4) is 0 Å². The van der Waals surface area contributed by atoms with Gasteiger partial charge in [0, 0.05) is 43.0 Å². The number of fused-ring (bicyclic) bond motifs is 4. The van der Waals surface area contributed by atoms with Gasteiger partial charge in [-0.15, -0.1) is 17.0 Å². The second-order valence-electron chi connectivity index (χ2n) is 12.2. The van der Waals surface area contributed by atoms with E-state index in [-0.39, 0.29) is 28.6 Å². The van der Waals surface area contributed by atoms with Gasteiger partial charge in [0.1, 0.15) is 4.70 Å². The summed E-state index contributed by atoms with van der Waals surface area (Å²) in [5.74, 6) is -0.381. The highest BCUT2D eigenvalue weighted by Crippen LogP contribution is 2.47. The number of benzene rings is 3. The van der Waals surface area contributed by atoms with Crippen LogP contribution < -0.4 is 14.8 Å². The van der Waals surface area contributed by atoms with Crippen LogP contribution in [0, 0.1) is 0 Å². The summed E-state index contributed by atoms with van der Waals surface area (Å²) in [7, 11) is 2.55. The third kappa shape index (κ3) is 8.96. The minimum Gasteiger partial charge on any atom is -0.335 e. The molecule has 8 nitrogen and oxygen atoms in total. The van der Waals surface area contributed by atoms with Crippen LogP contribution in [0.5, 0.6) is 0 Å². The third-order valence-corrected chi connectivity index (χ3v) is 10.4. The lowest BCUT2D eigenvalue weighted by atomic mass is 10.1. The van der Waals surface area contributed by atoms with E-state index in [0.717, 1.165) is 76.9 Å². The molecule has 4 aromatic rings. The van der Waals surface area contributed by atoms with Crippen LogP contribution in [0.25, 0.3) is 27.1 Å². The highest BCUT2D eigenvalue weighted by atomic mass is 79.9. The highest BCUT2D eigenvalue weighted by Gasteiger charge is 2.27. The Morgan fingerprint density at radius 1 is 1.07 bits per heavy atom. The van der Waals surface area contributed by atoms with Crippen molar-refractivity contribution < 1.29 is 26.8 Å². The first kappa shape index (κ1) is 35.1. The van der Waals surface area contributed by atoms with Crippen molar-refractivity contribution in [2.75, 3.05) is 50.2 Å². The highest BCUT2D eigenvalue weighted by molar-refractivity contribution is 8.93. The molecule has 0 saturated carbocycles. The van der Waals surface area contributed by atoms with Gasteiger partial charge in [0.05, 0.1) is 49.5 Å². The summed E-state index contributed by atoms with van der Waals surface area (Å²) < 4.78 is 36.6. The van der Waals surface area contributed by atoms with Gasteiger partial charge in [-0.3, -0.25) is 9.35 Å². The van der Waals surface area contributed by atoms with E-state index in [4.69, 9.17) is 0 Å². The van der Waals surface area contributed by atoms with E-state index in [1.54, 1.807) is 23.1 Å². The molecule has 0 aliphatic carbocycles. The van der Waals surface area contributed by atoms with Gasteiger partial charge in [-0.2, -0.15) is 13.0 Å². The van der Waals surface area contributed by atoms with E-state index < -0.39 is 10.1 Å². The number of carbonyl (C=O) groups excluding carboxylic acids is 1. The van der Waals surface area contributed by atoms with Crippen molar-refractivity contribution in [1.29, 1.82) is 0 Å². The topological polar surface area (TPSA) is 90.6 Å². The fraction of sp³-hybridized carbons (Fsp3) is 0.333. The molecule has 0 bridgehead atoms. The molecule has 3 aromatic carbocycles. The third-order valence-electron chi connectivity index (χ3n) is 7.36. The number of carbonyl (C=O) groups is 1. The molecule has 45 heavy (non-hydrogen) atoms. The maximum atomic E-state index is 11.7. The van der Waals surface area contributed by atoms with Gasteiger partial charge in [0.25, 0.3) is 15.1 Å². The standard InChI is InChI=1S/C33H38N4O4S3.BrH/c1-23(20-31-35(16-8-18-37(3,4)5)28-22-26(34-24(2)38)13-15-29(28)42-31)21-32-36(17-9-19-44(39,40)41)33-27-11-7-6-10-25(27)12-14-30(33)43-32;/h6-7,10-15,20-22H,8-9,16-19H2,1-5H3;1H/p+2. The van der Waals surface area contributed by atoms with E-state index in [1.165, 1.54) is 6.92 Å². The summed E-state index contributed by atoms with van der Waals surface area (Å²) in [5.41, 5.74) is 4.02. The molecular formula is C33H41BrN4O4S3+2. The second kappa shape index (κ2) is 14.4. The number of halogens is 1. The van der Waals surface area contributed by atoms with E-state index in [9.17, 15) is 17.8 Å². The average molecular weight is 734 g/mol. The fourth-order valence-corrected chi connectivity index (χ4v) is 8.35. The molecule has 2 N–H and O–H groups in total. The predicted molar refractivity (Wildman–Crippen MR) is 194 cm³/mol. The summed E-state index contributed by atoms with van der Waals surface area (Å²) in [5, 5.41) is 7.30. The lowest BCUT2D eigenvalue weighted by Gasteiger charge is -2.26. The first-order chi connectivity index (χ1) is 20.8. The number of nitrogens with zero attached hydrogens (tertiary/aromatic N) is 3. The Morgan fingerprint density at radius 3 is 2.53 bits per heavy atom. The molecule has 0 spiro atoms. The minimum absolute atomic E-state index is 0. The Hall–Kier alpha value is -2.74. The first-order valence-electron chi connectivity index (χ1n) is 14.6. The first-order valence-corrected chi connectivity index (χ1v) is 17.9. The van der Waals surface area contributed by atoms with E-state index in [2.05, 4.69) is 91.4 Å². The van der Waals surface area contributed by atoms with E-state index in [0.29, 0.717) is 13.0 Å². The number of hydrogen-bond donors (Lipinski definition) is 2. The molecule has 0 unspecified atom stereocenters. The molecule has 0 fully saturated rings. The molecule has 240 valence electrons. The summed E-state index contributed by atoms with van der Waals surface area (Å²) in [6.45, 7) is 5.96. The molecule has 0 atom stereocenters. The molecule has 5 rings (SSSR count). The number of nitrogens with one attached hydrogen (secondary N) is 1. The Balaban J connectivity index is 0.00000461. The van der Waals surface area contributed by atoms with Crippen molar-refractivity contribution in [2.45, 2.75) is 38.1 Å². The normalized spacial score (nSPS) is 14.7. The Labute approximate surface area is 284 Å². The SMILES string of the molecule is Br.CC(=O)Nc1ccc2c(c1)N(CCC[N+](C)(C)C)C(=CC(C)=Cc1sc3ccc4ccccc4c3[n+]1CCCS(=O)(=O)O)S2. The molecule has 12 heteroatoms. The van der Waals surface area contributed by atoms with E-state index >= 15 is 0 Å². The number of aromatic nitrogens is 1. The molecule has 1 aliphatic rings. The van der Waals surface area contributed by atoms with Crippen molar-refractivity contribution in [2.24, 2.45) is 0 Å². The molecular weight excluding hydrogens is 692 g/mol. The van der Waals surface area contributed by atoms with Crippen LogP contribution in [-0.2, 0) is 21.5 Å². The quantitative estimate of drug-likeness (QED) is 0.0971. The van der Waals surface area contributed by atoms with Crippen molar-refractivity contribution in [1.82, 2.24) is 0 Å². The summed E-state index contributed by atoms with van der Waals surface area (Å²) in [6, 6.07) is 18.5. The lowest BCUT2D eigenvalue weighted by Crippen LogP contribution is -2.37. The van der Waals surface area contributed by atoms with Gasteiger partial charge < -0.3 is 14.7 Å². The zero-order valence-electron chi connectivity index (χ0n) is 26.2. The largest absolute Gasteiger partial charge is 0.335 e. The molecule has 0 saturated heterocycles. The zero-order chi connectivity index (χ0) is 31.6. The molecule has 0 radical (unpaired) electrons. The number of quaternary nitrogens is 1. The van der Waals surface area contributed by atoms with Crippen molar-refractivity contribution in [3.8, 4) is 0 Å². The monoisotopic (exact) mass is 732 g/mol. The Bertz CT molecular complexity index is 1900. The number of thioether (sulfide) groups is 1. The summed E-state index contributed by atoms with van der Waals surface area (Å²) in [4.78, 5) is 15.2. The number of rotatable bonds is 11. The van der Waals surface area contributed by atoms with Crippen LogP contribution >= 0.6 is 40.1 Å². The van der Waals surface area contributed by atoms with Crippen LogP contribution in [-0.4, -0.2) is 63.3 Å². The van der Waals surface area contributed by atoms with Gasteiger partial charge in [0.2, 0.25) is 11.4 Å². The van der Waals surface area contributed by atoms with Gasteiger partial charge in [-0.1, -0.05) is 47.4 Å². The van der Waals surface area contributed by atoms with Gasteiger partial charge >= 0.3 is 0 Å². The maximum absolute atomic E-state index is 11.7. The number of amides is 1. The molecule has 2 heterocycles. The Morgan fingerprint density at radius 2 is 1.82 bits per heavy atom. The van der Waals surface area contributed by atoms with Gasteiger partial charge in [-0.05, 0) is 54.3 Å². The van der Waals surface area contributed by atoms with Crippen LogP contribution in [0.1, 0.15) is 31.7 Å². The summed E-state index contributed by atoms with van der Waals surface area (Å²) in [6.07, 6.45) is 5.68. The minimum atomic E-state index is -4.05. The molecule has 1 aliphatic heterocycles. The van der Waals surface area contributed by atoms with Crippen LogP contribution in [0.4, 0.5) is 11.4 Å². The zero-order valence-corrected chi connectivity index (χ0v) is 30.4. The maximum Gasteiger partial charge on any atom is 0.265 e. The number of hydrogen-bond acceptors (Lipinski definition) is 6. The van der Waals surface area contributed by atoms with Gasteiger partial charge in [-0.25, -0.2) is 0 Å². The Kier molecular flexibility index (Phi) is 11.2. The second-order valence-corrected chi connectivity index (χ2v) is 15.9. The smallest absolute Gasteiger partial charge is 0.265 e. The lowest BCUT2D eigenvalue weighted by molar-refractivity contribution is -0.870. The fourth-order valence-electron chi connectivity index (χ4n) is 5.46. The van der Waals surface area contributed by atoms with Crippen molar-refractivity contribution in [3.63, 3.8) is 0 Å². The van der Waals surface area contributed by atoms with Gasteiger partial charge in [0.15, 0.2) is 6.54 Å². The van der Waals surface area contributed by atoms with Crippen molar-refractivity contribution in [3.05, 3.63) is 76.3 Å².